The summed E-state index contributed by atoms with van der Waals surface area (Å²) in [7, 11) is 0. The van der Waals surface area contributed by atoms with Gasteiger partial charge in [0.05, 0.1) is 21.0 Å². The summed E-state index contributed by atoms with van der Waals surface area (Å²) in [6.07, 6.45) is 1.56. The van der Waals surface area contributed by atoms with E-state index in [4.69, 9.17) is 21.1 Å². The van der Waals surface area contributed by atoms with E-state index in [2.05, 4.69) is 37.2 Å². The van der Waals surface area contributed by atoms with Crippen molar-refractivity contribution in [1.82, 2.24) is 4.90 Å². The van der Waals surface area contributed by atoms with Crippen LogP contribution in [0.3, 0.4) is 0 Å². The minimum Gasteiger partial charge on any atom is -0.494 e. The second-order valence-corrected chi connectivity index (χ2v) is 11.2. The Balaban J connectivity index is 1.40. The maximum absolute atomic E-state index is 12.9. The van der Waals surface area contributed by atoms with Gasteiger partial charge in [-0.05, 0) is 100 Å². The molecule has 11 heteroatoms. The Labute approximate surface area is 245 Å². The van der Waals surface area contributed by atoms with Crippen molar-refractivity contribution in [3.05, 3.63) is 90.7 Å². The number of carbonyl (C=O) groups is 3. The standard InChI is InChI=1S/C27H21Br2ClN2O5S/c1-2-36-20-9-7-19(8-10-20)31-24(33)14-32-26(34)23(38-27(32)35)13-17-11-21(29)25(22(30)12-17)37-15-16-3-5-18(28)6-4-16/h3-13H,2,14-15H2,1H3,(H,31,33)/b23-13+. The Morgan fingerprint density at radius 2 is 1.76 bits per heavy atom. The van der Waals surface area contributed by atoms with Gasteiger partial charge in [-0.25, -0.2) is 0 Å². The third-order valence-electron chi connectivity index (χ3n) is 5.24. The van der Waals surface area contributed by atoms with Crippen molar-refractivity contribution in [3.63, 3.8) is 0 Å². The number of nitrogens with zero attached hydrogens (tertiary/aromatic N) is 1. The predicted octanol–water partition coefficient (Wildman–Crippen LogP) is 7.52. The van der Waals surface area contributed by atoms with E-state index < -0.39 is 23.6 Å². The number of hydrogen-bond acceptors (Lipinski definition) is 6. The summed E-state index contributed by atoms with van der Waals surface area (Å²) in [6.45, 7) is 2.33. The molecular weight excluding hydrogens is 660 g/mol. The van der Waals surface area contributed by atoms with Crippen molar-refractivity contribution < 1.29 is 23.9 Å². The number of anilines is 1. The fraction of sp³-hybridized carbons (Fsp3) is 0.148. The van der Waals surface area contributed by atoms with Crippen molar-refractivity contribution in [3.8, 4) is 11.5 Å². The van der Waals surface area contributed by atoms with E-state index in [1.807, 2.05) is 31.2 Å². The number of carbonyl (C=O) groups excluding carboxylic acids is 3. The largest absolute Gasteiger partial charge is 0.494 e. The third-order valence-corrected chi connectivity index (χ3v) is 7.55. The highest BCUT2D eigenvalue weighted by Gasteiger charge is 2.36. The molecule has 1 aliphatic heterocycles. The van der Waals surface area contributed by atoms with Crippen LogP contribution in [-0.4, -0.2) is 35.1 Å². The van der Waals surface area contributed by atoms with E-state index in [9.17, 15) is 14.4 Å². The molecule has 0 radical (unpaired) electrons. The van der Waals surface area contributed by atoms with E-state index >= 15 is 0 Å². The molecule has 38 heavy (non-hydrogen) atoms. The molecule has 0 aromatic heterocycles. The molecule has 4 rings (SSSR count). The van der Waals surface area contributed by atoms with Gasteiger partial charge in [0.15, 0.2) is 5.75 Å². The molecular formula is C27H21Br2ClN2O5S. The monoisotopic (exact) mass is 678 g/mol. The molecule has 3 aromatic rings. The van der Waals surface area contributed by atoms with E-state index in [0.29, 0.717) is 45.5 Å². The average Bonchev–Trinajstić information content (AvgIpc) is 3.13. The molecule has 196 valence electrons. The molecule has 3 aromatic carbocycles. The number of halogens is 3. The summed E-state index contributed by atoms with van der Waals surface area (Å²) < 4.78 is 12.8. The molecule has 0 aliphatic carbocycles. The van der Waals surface area contributed by atoms with Gasteiger partial charge in [0.25, 0.3) is 11.1 Å². The highest BCUT2D eigenvalue weighted by Crippen LogP contribution is 2.38. The van der Waals surface area contributed by atoms with Crippen LogP contribution in [0.25, 0.3) is 6.08 Å². The van der Waals surface area contributed by atoms with Crippen LogP contribution < -0.4 is 14.8 Å². The van der Waals surface area contributed by atoms with E-state index in [-0.39, 0.29) is 4.91 Å². The van der Waals surface area contributed by atoms with Gasteiger partial charge in [0.1, 0.15) is 18.9 Å². The smallest absolute Gasteiger partial charge is 0.294 e. The molecule has 1 heterocycles. The summed E-state index contributed by atoms with van der Waals surface area (Å²) in [5.41, 5.74) is 2.10. The first kappa shape index (κ1) is 28.2. The van der Waals surface area contributed by atoms with Crippen molar-refractivity contribution in [1.29, 1.82) is 0 Å². The Hall–Kier alpha value is -2.79. The Kier molecular flexibility index (Phi) is 9.54. The first-order valence-electron chi connectivity index (χ1n) is 11.4. The van der Waals surface area contributed by atoms with Crippen LogP contribution in [-0.2, 0) is 16.2 Å². The number of amides is 3. The zero-order valence-electron chi connectivity index (χ0n) is 20.0. The van der Waals surface area contributed by atoms with Crippen LogP contribution in [0.2, 0.25) is 5.02 Å². The number of rotatable bonds is 9. The van der Waals surface area contributed by atoms with Gasteiger partial charge in [-0.1, -0.05) is 39.7 Å². The van der Waals surface area contributed by atoms with Crippen LogP contribution >= 0.6 is 55.2 Å². The molecule has 3 amide bonds. The lowest BCUT2D eigenvalue weighted by molar-refractivity contribution is -0.127. The summed E-state index contributed by atoms with van der Waals surface area (Å²) in [5.74, 6) is 0.101. The number of hydrogen-bond donors (Lipinski definition) is 1. The van der Waals surface area contributed by atoms with Crippen molar-refractivity contribution >= 4 is 84.0 Å². The number of imide groups is 1. The summed E-state index contributed by atoms with van der Waals surface area (Å²) >= 11 is 14.1. The van der Waals surface area contributed by atoms with Crippen LogP contribution in [0.15, 0.2) is 74.5 Å². The van der Waals surface area contributed by atoms with Gasteiger partial charge in [0, 0.05) is 10.2 Å². The molecule has 1 aliphatic rings. The summed E-state index contributed by atoms with van der Waals surface area (Å²) in [5, 5.41) is 2.50. The normalized spacial score (nSPS) is 14.2. The van der Waals surface area contributed by atoms with E-state index in [0.717, 1.165) is 26.7 Å². The molecule has 1 fully saturated rings. The van der Waals surface area contributed by atoms with Gasteiger partial charge in [-0.15, -0.1) is 0 Å². The van der Waals surface area contributed by atoms with Crippen molar-refractivity contribution in [2.24, 2.45) is 0 Å². The van der Waals surface area contributed by atoms with Crippen LogP contribution in [0.4, 0.5) is 10.5 Å². The van der Waals surface area contributed by atoms with Crippen LogP contribution in [0.5, 0.6) is 11.5 Å². The maximum Gasteiger partial charge on any atom is 0.294 e. The van der Waals surface area contributed by atoms with Gasteiger partial charge >= 0.3 is 0 Å². The predicted molar refractivity (Wildman–Crippen MR) is 157 cm³/mol. The third kappa shape index (κ3) is 7.19. The summed E-state index contributed by atoms with van der Waals surface area (Å²) in [6, 6.07) is 17.9. The zero-order valence-corrected chi connectivity index (χ0v) is 24.7. The molecule has 0 unspecified atom stereocenters. The molecule has 0 bridgehead atoms. The number of nitrogens with one attached hydrogen (secondary N) is 1. The lowest BCUT2D eigenvalue weighted by atomic mass is 10.2. The quantitative estimate of drug-likeness (QED) is 0.236. The lowest BCUT2D eigenvalue weighted by Crippen LogP contribution is -2.36. The lowest BCUT2D eigenvalue weighted by Gasteiger charge is -2.13. The molecule has 1 saturated heterocycles. The summed E-state index contributed by atoms with van der Waals surface area (Å²) in [4.78, 5) is 39.0. The Morgan fingerprint density at radius 3 is 2.42 bits per heavy atom. The second-order valence-electron chi connectivity index (χ2n) is 8.00. The van der Waals surface area contributed by atoms with E-state index in [1.54, 1.807) is 42.5 Å². The molecule has 0 spiro atoms. The first-order valence-corrected chi connectivity index (χ1v) is 14.2. The average molecular weight is 681 g/mol. The minimum atomic E-state index is -0.551. The fourth-order valence-corrected chi connectivity index (χ4v) is 5.56. The first-order chi connectivity index (χ1) is 18.2. The van der Waals surface area contributed by atoms with Crippen LogP contribution in [0, 0.1) is 0 Å². The van der Waals surface area contributed by atoms with Crippen molar-refractivity contribution in [2.75, 3.05) is 18.5 Å². The minimum absolute atomic E-state index is 0.190. The highest BCUT2D eigenvalue weighted by atomic mass is 79.9. The molecule has 0 atom stereocenters. The maximum atomic E-state index is 12.9. The van der Waals surface area contributed by atoms with Gasteiger partial charge in [-0.2, -0.15) is 0 Å². The van der Waals surface area contributed by atoms with Crippen LogP contribution in [0.1, 0.15) is 18.1 Å². The molecule has 1 N–H and O–H groups in total. The Morgan fingerprint density at radius 1 is 1.05 bits per heavy atom. The number of benzene rings is 3. The molecule has 0 saturated carbocycles. The van der Waals surface area contributed by atoms with Gasteiger partial charge < -0.3 is 14.8 Å². The SMILES string of the molecule is CCOc1ccc(NC(=O)CN2C(=O)S/C(=C/c3cc(Cl)c(OCc4ccc(Br)cc4)c(Br)c3)C2=O)cc1. The second kappa shape index (κ2) is 12.8. The highest BCUT2D eigenvalue weighted by molar-refractivity contribution is 9.10. The fourth-order valence-electron chi connectivity index (χ4n) is 3.47. The van der Waals surface area contributed by atoms with Gasteiger partial charge in [-0.3, -0.25) is 19.3 Å². The number of thioether (sulfide) groups is 1. The topological polar surface area (TPSA) is 84.9 Å². The molecule has 7 nitrogen and oxygen atoms in total. The van der Waals surface area contributed by atoms with Gasteiger partial charge in [0.2, 0.25) is 5.91 Å². The Bertz CT molecular complexity index is 1370. The zero-order chi connectivity index (χ0) is 27.2. The van der Waals surface area contributed by atoms with Crippen molar-refractivity contribution in [2.45, 2.75) is 13.5 Å². The van der Waals surface area contributed by atoms with E-state index in [1.165, 1.54) is 0 Å². The number of ether oxygens (including phenoxy) is 2.